The molecule has 3 heteroatoms. The first kappa shape index (κ1) is 19.4. The van der Waals surface area contributed by atoms with E-state index in [0.29, 0.717) is 12.7 Å². The van der Waals surface area contributed by atoms with E-state index in [0.717, 1.165) is 26.0 Å². The predicted octanol–water partition coefficient (Wildman–Crippen LogP) is 4.65. The third-order valence-electron chi connectivity index (χ3n) is 5.12. The van der Waals surface area contributed by atoms with Crippen molar-refractivity contribution in [2.45, 2.75) is 84.2 Å². The third kappa shape index (κ3) is 5.05. The predicted molar refractivity (Wildman–Crippen MR) is 100 cm³/mol. The van der Waals surface area contributed by atoms with Crippen molar-refractivity contribution in [3.05, 3.63) is 35.9 Å². The number of ether oxygens (including phenoxy) is 2. The van der Waals surface area contributed by atoms with E-state index < -0.39 is 0 Å². The zero-order chi connectivity index (χ0) is 17.8. The van der Waals surface area contributed by atoms with Crippen molar-refractivity contribution >= 4 is 0 Å². The van der Waals surface area contributed by atoms with Gasteiger partial charge in [-0.3, -0.25) is 4.90 Å². The highest BCUT2D eigenvalue weighted by Crippen LogP contribution is 2.40. The monoisotopic (exact) mass is 333 g/mol. The number of nitrogens with zero attached hydrogens (tertiary/aromatic N) is 1. The molecule has 0 aromatic heterocycles. The molecule has 0 saturated carbocycles. The minimum absolute atomic E-state index is 0.108. The van der Waals surface area contributed by atoms with E-state index in [-0.39, 0.29) is 17.2 Å². The highest BCUT2D eigenvalue weighted by Gasteiger charge is 2.45. The molecule has 136 valence electrons. The number of likely N-dealkylation sites (tertiary alicyclic amines) is 1. The summed E-state index contributed by atoms with van der Waals surface area (Å²) in [5, 5.41) is 0. The van der Waals surface area contributed by atoms with E-state index in [1.54, 1.807) is 0 Å². The fourth-order valence-electron chi connectivity index (χ4n) is 4.14. The van der Waals surface area contributed by atoms with Crippen LogP contribution in [0.15, 0.2) is 30.3 Å². The largest absolute Gasteiger partial charge is 0.376 e. The molecule has 1 aromatic carbocycles. The number of rotatable bonds is 7. The molecule has 3 nitrogen and oxygen atoms in total. The van der Waals surface area contributed by atoms with E-state index in [9.17, 15) is 0 Å². The van der Waals surface area contributed by atoms with Crippen LogP contribution in [0.5, 0.6) is 0 Å². The summed E-state index contributed by atoms with van der Waals surface area (Å²) in [5.41, 5.74) is 1.59. The fraction of sp³-hybridized carbons (Fsp3) is 0.714. The summed E-state index contributed by atoms with van der Waals surface area (Å²) in [4.78, 5) is 2.64. The van der Waals surface area contributed by atoms with Gasteiger partial charge in [0.1, 0.15) is 0 Å². The Bertz CT molecular complexity index is 480. The van der Waals surface area contributed by atoms with E-state index in [1.165, 1.54) is 5.56 Å². The first-order chi connectivity index (χ1) is 11.2. The van der Waals surface area contributed by atoms with Gasteiger partial charge in [-0.2, -0.15) is 0 Å². The third-order valence-corrected chi connectivity index (χ3v) is 5.12. The second-order valence-corrected chi connectivity index (χ2v) is 8.33. The molecule has 1 atom stereocenters. The van der Waals surface area contributed by atoms with Crippen LogP contribution >= 0.6 is 0 Å². The highest BCUT2D eigenvalue weighted by molar-refractivity contribution is 5.16. The molecule has 24 heavy (non-hydrogen) atoms. The van der Waals surface area contributed by atoms with Crippen LogP contribution in [0.4, 0.5) is 0 Å². The van der Waals surface area contributed by atoms with Crippen LogP contribution < -0.4 is 0 Å². The van der Waals surface area contributed by atoms with Gasteiger partial charge in [0.2, 0.25) is 0 Å². The minimum Gasteiger partial charge on any atom is -0.376 e. The molecule has 0 bridgehead atoms. The standard InChI is InChI=1S/C21H35NO2/c1-7-23-17(2)16-24-19-13-20(3,4)22(21(5,6)14-19)15-18-11-9-8-10-12-18/h8-12,17,19H,7,13-16H2,1-6H3. The number of hydrogen-bond donors (Lipinski definition) is 0. The van der Waals surface area contributed by atoms with E-state index in [2.05, 4.69) is 69.9 Å². The minimum atomic E-state index is 0.108. The lowest BCUT2D eigenvalue weighted by atomic mass is 9.77. The first-order valence-corrected chi connectivity index (χ1v) is 9.29. The van der Waals surface area contributed by atoms with Crippen molar-refractivity contribution in [1.29, 1.82) is 0 Å². The molecular weight excluding hydrogens is 298 g/mol. The number of piperidine rings is 1. The summed E-state index contributed by atoms with van der Waals surface area (Å²) in [7, 11) is 0. The maximum atomic E-state index is 6.22. The molecule has 0 aliphatic carbocycles. The summed E-state index contributed by atoms with van der Waals surface area (Å²) in [6.07, 6.45) is 2.58. The van der Waals surface area contributed by atoms with Gasteiger partial charge in [-0.1, -0.05) is 30.3 Å². The molecule has 0 spiro atoms. The van der Waals surface area contributed by atoms with Gasteiger partial charge in [0.25, 0.3) is 0 Å². The van der Waals surface area contributed by atoms with Crippen molar-refractivity contribution in [2.24, 2.45) is 0 Å². The van der Waals surface area contributed by atoms with Gasteiger partial charge in [0.15, 0.2) is 0 Å². The molecule has 1 saturated heterocycles. The van der Waals surface area contributed by atoms with E-state index in [4.69, 9.17) is 9.47 Å². The molecule has 1 aromatic rings. The van der Waals surface area contributed by atoms with Crippen molar-refractivity contribution in [2.75, 3.05) is 13.2 Å². The molecule has 2 rings (SSSR count). The lowest BCUT2D eigenvalue weighted by molar-refractivity contribution is -0.123. The zero-order valence-corrected chi connectivity index (χ0v) is 16.3. The Labute approximate surface area is 148 Å². The lowest BCUT2D eigenvalue weighted by Gasteiger charge is -2.55. The van der Waals surface area contributed by atoms with Gasteiger partial charge in [-0.05, 0) is 59.9 Å². The van der Waals surface area contributed by atoms with E-state index in [1.807, 2.05) is 6.92 Å². The smallest absolute Gasteiger partial charge is 0.0780 e. The fourth-order valence-corrected chi connectivity index (χ4v) is 4.14. The maximum Gasteiger partial charge on any atom is 0.0780 e. The van der Waals surface area contributed by atoms with Crippen molar-refractivity contribution in [3.63, 3.8) is 0 Å². The second-order valence-electron chi connectivity index (χ2n) is 8.33. The van der Waals surface area contributed by atoms with Gasteiger partial charge in [-0.15, -0.1) is 0 Å². The maximum absolute atomic E-state index is 6.22. The Hall–Kier alpha value is -0.900. The lowest BCUT2D eigenvalue weighted by Crippen LogP contribution is -2.61. The Morgan fingerprint density at radius 3 is 2.21 bits per heavy atom. The summed E-state index contributed by atoms with van der Waals surface area (Å²) < 4.78 is 11.8. The van der Waals surface area contributed by atoms with Gasteiger partial charge < -0.3 is 9.47 Å². The molecule has 0 amide bonds. The zero-order valence-electron chi connectivity index (χ0n) is 16.3. The Morgan fingerprint density at radius 1 is 1.08 bits per heavy atom. The number of benzene rings is 1. The number of hydrogen-bond acceptors (Lipinski definition) is 3. The van der Waals surface area contributed by atoms with Crippen LogP contribution in [0.2, 0.25) is 0 Å². The van der Waals surface area contributed by atoms with Crippen LogP contribution in [-0.2, 0) is 16.0 Å². The average molecular weight is 334 g/mol. The van der Waals surface area contributed by atoms with Crippen LogP contribution in [0, 0.1) is 0 Å². The van der Waals surface area contributed by atoms with Crippen molar-refractivity contribution in [1.82, 2.24) is 4.90 Å². The molecular formula is C21H35NO2. The topological polar surface area (TPSA) is 21.7 Å². The average Bonchev–Trinajstić information content (AvgIpc) is 2.50. The molecule has 0 radical (unpaired) electrons. The van der Waals surface area contributed by atoms with E-state index >= 15 is 0 Å². The van der Waals surface area contributed by atoms with Crippen LogP contribution in [0.25, 0.3) is 0 Å². The van der Waals surface area contributed by atoms with Gasteiger partial charge in [0, 0.05) is 24.2 Å². The second kappa shape index (κ2) is 7.99. The van der Waals surface area contributed by atoms with Gasteiger partial charge in [-0.25, -0.2) is 0 Å². The Kier molecular flexibility index (Phi) is 6.46. The van der Waals surface area contributed by atoms with Gasteiger partial charge >= 0.3 is 0 Å². The first-order valence-electron chi connectivity index (χ1n) is 9.29. The summed E-state index contributed by atoms with van der Waals surface area (Å²) in [6, 6.07) is 10.8. The molecule has 1 aliphatic rings. The Balaban J connectivity index is 2.03. The Morgan fingerprint density at radius 2 is 1.67 bits per heavy atom. The highest BCUT2D eigenvalue weighted by atomic mass is 16.5. The summed E-state index contributed by atoms with van der Waals surface area (Å²) >= 11 is 0. The summed E-state index contributed by atoms with van der Waals surface area (Å²) in [6.45, 7) is 15.9. The molecule has 1 unspecified atom stereocenters. The molecule has 1 aliphatic heterocycles. The van der Waals surface area contributed by atoms with Crippen molar-refractivity contribution in [3.8, 4) is 0 Å². The quantitative estimate of drug-likeness (QED) is 0.725. The van der Waals surface area contributed by atoms with Crippen LogP contribution in [0.3, 0.4) is 0 Å². The van der Waals surface area contributed by atoms with Gasteiger partial charge in [0.05, 0.1) is 18.8 Å². The molecule has 1 fully saturated rings. The summed E-state index contributed by atoms with van der Waals surface area (Å²) in [5.74, 6) is 0. The normalized spacial score (nSPS) is 22.4. The van der Waals surface area contributed by atoms with Crippen molar-refractivity contribution < 1.29 is 9.47 Å². The SMILES string of the molecule is CCOC(C)COC1CC(C)(C)N(Cc2ccccc2)C(C)(C)C1. The molecule has 1 heterocycles. The van der Waals surface area contributed by atoms with Crippen LogP contribution in [-0.4, -0.2) is 41.4 Å². The van der Waals surface area contributed by atoms with Crippen LogP contribution in [0.1, 0.15) is 59.9 Å². The molecule has 0 N–H and O–H groups in total.